The maximum absolute atomic E-state index is 12.5. The van der Waals surface area contributed by atoms with Gasteiger partial charge >= 0.3 is 0 Å². The minimum atomic E-state index is -0.821. The number of rotatable bonds is 5. The van der Waals surface area contributed by atoms with E-state index in [-0.39, 0.29) is 30.6 Å². The molecule has 1 aliphatic rings. The Morgan fingerprint density at radius 3 is 2.28 bits per heavy atom. The zero-order chi connectivity index (χ0) is 17.7. The third-order valence-electron chi connectivity index (χ3n) is 4.48. The summed E-state index contributed by atoms with van der Waals surface area (Å²) in [7, 11) is 0. The second-order valence-electron chi connectivity index (χ2n) is 6.61. The summed E-state index contributed by atoms with van der Waals surface area (Å²) >= 11 is 6.11. The summed E-state index contributed by atoms with van der Waals surface area (Å²) < 4.78 is 0. The highest BCUT2D eigenvalue weighted by Crippen LogP contribution is 2.18. The summed E-state index contributed by atoms with van der Waals surface area (Å²) in [5, 5.41) is 0.609. The van der Waals surface area contributed by atoms with Crippen molar-refractivity contribution < 1.29 is 9.59 Å². The minimum Gasteiger partial charge on any atom is -0.339 e. The number of halogens is 2. The van der Waals surface area contributed by atoms with Gasteiger partial charge in [0.2, 0.25) is 11.8 Å². The van der Waals surface area contributed by atoms with Gasteiger partial charge in [0.1, 0.15) is 0 Å². The first kappa shape index (κ1) is 21.7. The normalized spacial score (nSPS) is 16.8. The van der Waals surface area contributed by atoms with Gasteiger partial charge in [-0.1, -0.05) is 43.1 Å². The number of hydrogen-bond donors (Lipinski definition) is 1. The van der Waals surface area contributed by atoms with Crippen LogP contribution in [0.1, 0.15) is 32.3 Å². The monoisotopic (exact) mass is 387 g/mol. The lowest BCUT2D eigenvalue weighted by atomic mass is 9.95. The maximum atomic E-state index is 12.5. The van der Waals surface area contributed by atoms with E-state index in [2.05, 4.69) is 0 Å². The van der Waals surface area contributed by atoms with Gasteiger partial charge < -0.3 is 15.5 Å². The van der Waals surface area contributed by atoms with Gasteiger partial charge in [-0.25, -0.2) is 0 Å². The molecular formula is C18H27Cl2N3O2. The summed E-state index contributed by atoms with van der Waals surface area (Å²) in [6.07, 6.45) is 1.82. The summed E-state index contributed by atoms with van der Waals surface area (Å²) in [5.74, 6) is 0.0156. The molecule has 1 aliphatic heterocycles. The van der Waals surface area contributed by atoms with Gasteiger partial charge in [-0.15, -0.1) is 12.4 Å². The number of amides is 2. The van der Waals surface area contributed by atoms with Crippen molar-refractivity contribution in [2.45, 2.75) is 38.6 Å². The second-order valence-corrected chi connectivity index (χ2v) is 7.02. The number of nitrogens with two attached hydrogens (primary N) is 1. The molecule has 2 rings (SSSR count). The van der Waals surface area contributed by atoms with Gasteiger partial charge in [0.15, 0.2) is 0 Å². The molecule has 25 heavy (non-hydrogen) atoms. The van der Waals surface area contributed by atoms with Crippen LogP contribution in [0.3, 0.4) is 0 Å². The fourth-order valence-corrected chi connectivity index (χ4v) is 3.27. The smallest absolute Gasteiger partial charge is 0.242 e. The van der Waals surface area contributed by atoms with Crippen LogP contribution in [-0.4, -0.2) is 53.3 Å². The van der Waals surface area contributed by atoms with Gasteiger partial charge in [0.05, 0.1) is 12.0 Å². The lowest BCUT2D eigenvalue weighted by Crippen LogP contribution is -2.58. The van der Waals surface area contributed by atoms with Gasteiger partial charge in [-0.05, 0) is 25.0 Å². The highest BCUT2D eigenvalue weighted by atomic mass is 35.5. The Labute approximate surface area is 160 Å². The third kappa shape index (κ3) is 5.59. The van der Waals surface area contributed by atoms with Crippen molar-refractivity contribution in [1.29, 1.82) is 0 Å². The number of piperazine rings is 1. The topological polar surface area (TPSA) is 66.6 Å². The van der Waals surface area contributed by atoms with E-state index in [0.29, 0.717) is 37.6 Å². The van der Waals surface area contributed by atoms with Gasteiger partial charge in [-0.2, -0.15) is 0 Å². The summed E-state index contributed by atoms with van der Waals surface area (Å²) in [6, 6.07) is 7.38. The number of carbonyl (C=O) groups excluding carboxylic acids is 2. The molecule has 2 amide bonds. The van der Waals surface area contributed by atoms with Crippen molar-refractivity contribution in [2.75, 3.05) is 26.2 Å². The van der Waals surface area contributed by atoms with Crippen molar-refractivity contribution in [1.82, 2.24) is 9.80 Å². The Balaban J connectivity index is 0.00000312. The van der Waals surface area contributed by atoms with Gasteiger partial charge in [0, 0.05) is 31.2 Å². The van der Waals surface area contributed by atoms with Crippen LogP contribution in [-0.2, 0) is 16.0 Å². The average Bonchev–Trinajstić information content (AvgIpc) is 2.56. The molecule has 7 heteroatoms. The van der Waals surface area contributed by atoms with Crippen LogP contribution < -0.4 is 5.73 Å². The Morgan fingerprint density at radius 2 is 1.72 bits per heavy atom. The van der Waals surface area contributed by atoms with Gasteiger partial charge in [0.25, 0.3) is 0 Å². The largest absolute Gasteiger partial charge is 0.339 e. The fourth-order valence-electron chi connectivity index (χ4n) is 3.06. The molecule has 2 N–H and O–H groups in total. The minimum absolute atomic E-state index is 0. The van der Waals surface area contributed by atoms with Crippen molar-refractivity contribution in [3.8, 4) is 0 Å². The number of nitrogens with zero attached hydrogens (tertiary/aromatic N) is 2. The molecule has 1 heterocycles. The molecule has 1 atom stereocenters. The molecule has 0 bridgehead atoms. The van der Waals surface area contributed by atoms with E-state index in [1.165, 1.54) is 0 Å². The van der Waals surface area contributed by atoms with E-state index >= 15 is 0 Å². The molecule has 0 aromatic heterocycles. The molecule has 0 aliphatic carbocycles. The zero-order valence-corrected chi connectivity index (χ0v) is 16.4. The molecule has 0 saturated carbocycles. The predicted molar refractivity (Wildman–Crippen MR) is 103 cm³/mol. The van der Waals surface area contributed by atoms with Crippen LogP contribution in [0.5, 0.6) is 0 Å². The SMILES string of the molecule is CCCC(C)(N)C(=O)N1CCN(C(=O)Cc2ccccc2Cl)CC1.Cl. The van der Waals surface area contributed by atoms with Crippen LogP contribution in [0.25, 0.3) is 0 Å². The predicted octanol–water partition coefficient (Wildman–Crippen LogP) is 2.49. The highest BCUT2D eigenvalue weighted by molar-refractivity contribution is 6.31. The summed E-state index contributed by atoms with van der Waals surface area (Å²) in [6.45, 7) is 5.94. The van der Waals surface area contributed by atoms with Crippen LogP contribution in [0, 0.1) is 0 Å². The maximum Gasteiger partial charge on any atom is 0.242 e. The van der Waals surface area contributed by atoms with Crippen LogP contribution in [0.15, 0.2) is 24.3 Å². The first-order chi connectivity index (χ1) is 11.3. The molecule has 0 spiro atoms. The van der Waals surface area contributed by atoms with E-state index in [4.69, 9.17) is 17.3 Å². The standard InChI is InChI=1S/C18H26ClN3O2.ClH/c1-3-8-18(2,20)17(24)22-11-9-21(10-12-22)16(23)13-14-6-4-5-7-15(14)19;/h4-7H,3,8-13,20H2,1-2H3;1H. The van der Waals surface area contributed by atoms with Crippen molar-refractivity contribution >= 4 is 35.8 Å². The number of hydrogen-bond acceptors (Lipinski definition) is 3. The van der Waals surface area contributed by atoms with Crippen molar-refractivity contribution in [3.63, 3.8) is 0 Å². The molecule has 1 fully saturated rings. The molecule has 1 unspecified atom stereocenters. The Morgan fingerprint density at radius 1 is 1.16 bits per heavy atom. The van der Waals surface area contributed by atoms with Gasteiger partial charge in [-0.3, -0.25) is 9.59 Å². The third-order valence-corrected chi connectivity index (χ3v) is 4.85. The summed E-state index contributed by atoms with van der Waals surface area (Å²) in [5.41, 5.74) is 6.14. The number of carbonyl (C=O) groups is 2. The van der Waals surface area contributed by atoms with E-state index in [9.17, 15) is 9.59 Å². The van der Waals surface area contributed by atoms with Crippen molar-refractivity contribution in [2.24, 2.45) is 5.73 Å². The molecule has 0 radical (unpaired) electrons. The zero-order valence-electron chi connectivity index (χ0n) is 14.8. The van der Waals surface area contributed by atoms with E-state index < -0.39 is 5.54 Å². The number of benzene rings is 1. The molecule has 1 aromatic carbocycles. The van der Waals surface area contributed by atoms with E-state index in [1.807, 2.05) is 25.1 Å². The quantitative estimate of drug-likeness (QED) is 0.843. The lowest BCUT2D eigenvalue weighted by Gasteiger charge is -2.38. The van der Waals surface area contributed by atoms with Crippen LogP contribution in [0.4, 0.5) is 0 Å². The fraction of sp³-hybridized carbons (Fsp3) is 0.556. The Hall–Kier alpha value is -1.30. The van der Waals surface area contributed by atoms with Crippen molar-refractivity contribution in [3.05, 3.63) is 34.9 Å². The molecule has 1 aromatic rings. The first-order valence-corrected chi connectivity index (χ1v) is 8.82. The molecule has 5 nitrogen and oxygen atoms in total. The van der Waals surface area contributed by atoms with E-state index in [0.717, 1.165) is 12.0 Å². The Kier molecular flexibility index (Phi) is 8.19. The summed E-state index contributed by atoms with van der Waals surface area (Å²) in [4.78, 5) is 28.5. The molecular weight excluding hydrogens is 361 g/mol. The first-order valence-electron chi connectivity index (χ1n) is 8.44. The molecule has 140 valence electrons. The Bertz CT molecular complexity index is 600. The van der Waals surface area contributed by atoms with Crippen LogP contribution in [0.2, 0.25) is 5.02 Å². The van der Waals surface area contributed by atoms with E-state index in [1.54, 1.807) is 22.8 Å². The lowest BCUT2D eigenvalue weighted by molar-refractivity contribution is -0.142. The second kappa shape index (κ2) is 9.41. The molecule has 1 saturated heterocycles. The average molecular weight is 388 g/mol. The van der Waals surface area contributed by atoms with Crippen LogP contribution >= 0.6 is 24.0 Å². The highest BCUT2D eigenvalue weighted by Gasteiger charge is 2.34.